The van der Waals surface area contributed by atoms with Gasteiger partial charge in [-0.25, -0.2) is 0 Å². The van der Waals surface area contributed by atoms with E-state index in [1.807, 2.05) is 29.6 Å². The van der Waals surface area contributed by atoms with Crippen LogP contribution in [-0.2, 0) is 9.59 Å². The SMILES string of the molecule is COc1ccccc1NC(=O)C(=O)NCC(O)c1csc2ccccc12. The molecule has 1 aromatic heterocycles. The molecule has 2 aromatic carbocycles. The lowest BCUT2D eigenvalue weighted by atomic mass is 10.1. The number of nitrogens with one attached hydrogen (secondary N) is 2. The van der Waals surface area contributed by atoms with E-state index in [0.29, 0.717) is 11.4 Å². The smallest absolute Gasteiger partial charge is 0.313 e. The van der Waals surface area contributed by atoms with E-state index >= 15 is 0 Å². The molecule has 0 bridgehead atoms. The average Bonchev–Trinajstić information content (AvgIpc) is 3.10. The van der Waals surface area contributed by atoms with Gasteiger partial charge in [-0.15, -0.1) is 11.3 Å². The monoisotopic (exact) mass is 370 g/mol. The number of carbonyl (C=O) groups excluding carboxylic acids is 2. The van der Waals surface area contributed by atoms with E-state index in [1.54, 1.807) is 24.3 Å². The number of hydrogen-bond acceptors (Lipinski definition) is 5. The topological polar surface area (TPSA) is 87.7 Å². The summed E-state index contributed by atoms with van der Waals surface area (Å²) in [5.74, 6) is -1.19. The molecule has 6 nitrogen and oxygen atoms in total. The molecule has 3 aromatic rings. The predicted molar refractivity (Wildman–Crippen MR) is 101 cm³/mol. The van der Waals surface area contributed by atoms with Crippen LogP contribution in [0.5, 0.6) is 5.75 Å². The first-order valence-corrected chi connectivity index (χ1v) is 8.84. The number of aliphatic hydroxyl groups excluding tert-OH is 1. The number of methoxy groups -OCH3 is 1. The van der Waals surface area contributed by atoms with Gasteiger partial charge in [0.05, 0.1) is 18.9 Å². The summed E-state index contributed by atoms with van der Waals surface area (Å²) in [5.41, 5.74) is 1.13. The van der Waals surface area contributed by atoms with Crippen LogP contribution in [0.25, 0.3) is 10.1 Å². The Morgan fingerprint density at radius 2 is 1.85 bits per heavy atom. The van der Waals surface area contributed by atoms with Crippen molar-refractivity contribution in [3.63, 3.8) is 0 Å². The highest BCUT2D eigenvalue weighted by atomic mass is 32.1. The summed E-state index contributed by atoms with van der Waals surface area (Å²) in [4.78, 5) is 24.0. The summed E-state index contributed by atoms with van der Waals surface area (Å²) >= 11 is 1.52. The van der Waals surface area contributed by atoms with E-state index in [-0.39, 0.29) is 6.54 Å². The number of amides is 2. The van der Waals surface area contributed by atoms with Gasteiger partial charge in [-0.3, -0.25) is 9.59 Å². The maximum atomic E-state index is 12.0. The van der Waals surface area contributed by atoms with Crippen molar-refractivity contribution < 1.29 is 19.4 Å². The van der Waals surface area contributed by atoms with Crippen LogP contribution in [0.1, 0.15) is 11.7 Å². The number of anilines is 1. The molecule has 0 fully saturated rings. The fourth-order valence-corrected chi connectivity index (χ4v) is 3.57. The van der Waals surface area contributed by atoms with Gasteiger partial charge in [0.2, 0.25) is 0 Å². The van der Waals surface area contributed by atoms with Crippen molar-refractivity contribution in [1.82, 2.24) is 5.32 Å². The number of rotatable bonds is 5. The minimum atomic E-state index is -0.894. The molecule has 134 valence electrons. The number of ether oxygens (including phenoxy) is 1. The van der Waals surface area contributed by atoms with Gasteiger partial charge in [0.1, 0.15) is 5.75 Å². The van der Waals surface area contributed by atoms with Gasteiger partial charge < -0.3 is 20.5 Å². The Kier molecular flexibility index (Phi) is 5.50. The van der Waals surface area contributed by atoms with E-state index in [2.05, 4.69) is 10.6 Å². The van der Waals surface area contributed by atoms with Crippen molar-refractivity contribution in [3.05, 3.63) is 59.5 Å². The first kappa shape index (κ1) is 17.9. The molecular weight excluding hydrogens is 352 g/mol. The standard InChI is InChI=1S/C19H18N2O4S/c1-25-16-8-4-3-7-14(16)21-19(24)18(23)20-10-15(22)13-11-26-17-9-5-2-6-12(13)17/h2-9,11,15,22H,10H2,1H3,(H,20,23)(H,21,24). The molecule has 0 saturated carbocycles. The lowest BCUT2D eigenvalue weighted by molar-refractivity contribution is -0.136. The number of fused-ring (bicyclic) bond motifs is 1. The maximum absolute atomic E-state index is 12.0. The Bertz CT molecular complexity index is 938. The lowest BCUT2D eigenvalue weighted by Gasteiger charge is -2.12. The van der Waals surface area contributed by atoms with Crippen LogP contribution >= 0.6 is 11.3 Å². The third kappa shape index (κ3) is 3.84. The van der Waals surface area contributed by atoms with E-state index in [1.165, 1.54) is 18.4 Å². The molecule has 26 heavy (non-hydrogen) atoms. The zero-order valence-electron chi connectivity index (χ0n) is 14.1. The van der Waals surface area contributed by atoms with Crippen molar-refractivity contribution in [2.24, 2.45) is 0 Å². The van der Waals surface area contributed by atoms with Crippen molar-refractivity contribution in [2.75, 3.05) is 19.0 Å². The van der Waals surface area contributed by atoms with Crippen LogP contribution in [0, 0.1) is 0 Å². The molecule has 3 rings (SSSR count). The Morgan fingerprint density at radius 3 is 2.65 bits per heavy atom. The Hall–Kier alpha value is -2.90. The quantitative estimate of drug-likeness (QED) is 0.603. The van der Waals surface area contributed by atoms with Gasteiger partial charge in [-0.2, -0.15) is 0 Å². The third-order valence-electron chi connectivity index (χ3n) is 3.89. The van der Waals surface area contributed by atoms with Gasteiger partial charge in [0.25, 0.3) is 0 Å². The third-order valence-corrected chi connectivity index (χ3v) is 4.87. The normalized spacial score (nSPS) is 11.8. The van der Waals surface area contributed by atoms with Crippen LogP contribution in [0.2, 0.25) is 0 Å². The highest BCUT2D eigenvalue weighted by Gasteiger charge is 2.18. The minimum absolute atomic E-state index is 0.0566. The molecular formula is C19H18N2O4S. The van der Waals surface area contributed by atoms with Crippen LogP contribution < -0.4 is 15.4 Å². The first-order valence-electron chi connectivity index (χ1n) is 7.96. The molecule has 0 aliphatic heterocycles. The number of benzene rings is 2. The van der Waals surface area contributed by atoms with Gasteiger partial charge in [0.15, 0.2) is 0 Å². The lowest BCUT2D eigenvalue weighted by Crippen LogP contribution is -2.37. The van der Waals surface area contributed by atoms with Gasteiger partial charge in [-0.05, 0) is 29.0 Å². The second-order valence-corrected chi connectivity index (χ2v) is 6.48. The molecule has 0 radical (unpaired) electrons. The average molecular weight is 370 g/mol. The van der Waals surface area contributed by atoms with Crippen LogP contribution in [-0.4, -0.2) is 30.6 Å². The fraction of sp³-hybridized carbons (Fsp3) is 0.158. The summed E-state index contributed by atoms with van der Waals surface area (Å²) in [6.07, 6.45) is -0.894. The minimum Gasteiger partial charge on any atom is -0.495 e. The van der Waals surface area contributed by atoms with Gasteiger partial charge in [-0.1, -0.05) is 30.3 Å². The second-order valence-electron chi connectivity index (χ2n) is 5.57. The molecule has 1 unspecified atom stereocenters. The van der Waals surface area contributed by atoms with Gasteiger partial charge >= 0.3 is 11.8 Å². The summed E-state index contributed by atoms with van der Waals surface area (Å²) in [7, 11) is 1.48. The van der Waals surface area contributed by atoms with Crippen LogP contribution in [0.4, 0.5) is 5.69 Å². The van der Waals surface area contributed by atoms with Crippen LogP contribution in [0.3, 0.4) is 0 Å². The summed E-state index contributed by atoms with van der Waals surface area (Å²) < 4.78 is 6.19. The molecule has 1 atom stereocenters. The maximum Gasteiger partial charge on any atom is 0.313 e. The number of para-hydroxylation sites is 2. The summed E-state index contributed by atoms with van der Waals surface area (Å²) in [5, 5.41) is 18.1. The van der Waals surface area contributed by atoms with E-state index in [9.17, 15) is 14.7 Å². The van der Waals surface area contributed by atoms with E-state index < -0.39 is 17.9 Å². The fourth-order valence-electron chi connectivity index (χ4n) is 2.56. The Morgan fingerprint density at radius 1 is 1.12 bits per heavy atom. The van der Waals surface area contributed by atoms with Crippen molar-refractivity contribution in [2.45, 2.75) is 6.10 Å². The molecule has 3 N–H and O–H groups in total. The van der Waals surface area contributed by atoms with Crippen LogP contribution in [0.15, 0.2) is 53.9 Å². The second kappa shape index (κ2) is 7.99. The number of hydrogen-bond donors (Lipinski definition) is 3. The molecule has 0 aliphatic carbocycles. The molecule has 0 spiro atoms. The largest absolute Gasteiger partial charge is 0.495 e. The zero-order valence-corrected chi connectivity index (χ0v) is 14.9. The Balaban J connectivity index is 1.60. The molecule has 2 amide bonds. The summed E-state index contributed by atoms with van der Waals surface area (Å²) in [6.45, 7) is -0.0566. The van der Waals surface area contributed by atoms with Gasteiger partial charge in [0, 0.05) is 16.8 Å². The highest BCUT2D eigenvalue weighted by Crippen LogP contribution is 2.29. The van der Waals surface area contributed by atoms with E-state index in [0.717, 1.165) is 15.6 Å². The number of aliphatic hydroxyl groups is 1. The van der Waals surface area contributed by atoms with E-state index in [4.69, 9.17) is 4.74 Å². The first-order chi connectivity index (χ1) is 12.6. The molecule has 0 aliphatic rings. The number of thiophene rings is 1. The predicted octanol–water partition coefficient (Wildman–Crippen LogP) is 2.70. The Labute approximate surface area is 154 Å². The van der Waals surface area contributed by atoms with Crippen molar-refractivity contribution in [3.8, 4) is 5.75 Å². The van der Waals surface area contributed by atoms with Crippen molar-refractivity contribution >= 4 is 38.9 Å². The summed E-state index contributed by atoms with van der Waals surface area (Å²) in [6, 6.07) is 14.5. The molecule has 7 heteroatoms. The number of carbonyl (C=O) groups is 2. The molecule has 0 saturated heterocycles. The van der Waals surface area contributed by atoms with Crippen molar-refractivity contribution in [1.29, 1.82) is 0 Å². The zero-order chi connectivity index (χ0) is 18.5. The highest BCUT2D eigenvalue weighted by molar-refractivity contribution is 7.17. The molecule has 1 heterocycles.